The summed E-state index contributed by atoms with van der Waals surface area (Å²) in [4.78, 5) is 12.5. The number of carbonyl (C=O) groups excluding carboxylic acids is 1. The van der Waals surface area contributed by atoms with Gasteiger partial charge >= 0.3 is 0 Å². The van der Waals surface area contributed by atoms with Crippen LogP contribution in [-0.4, -0.2) is 42.4 Å². The maximum absolute atomic E-state index is 12.5. The Morgan fingerprint density at radius 3 is 2.35 bits per heavy atom. The zero-order valence-corrected chi connectivity index (χ0v) is 13.0. The quantitative estimate of drug-likeness (QED) is 0.290. The molecule has 7 nitrogen and oxygen atoms in total. The Kier molecular flexibility index (Phi) is 4.68. The van der Waals surface area contributed by atoms with E-state index < -0.39 is 26.7 Å². The molecule has 0 aromatic carbocycles. The molecule has 8 heteroatoms. The van der Waals surface area contributed by atoms with Gasteiger partial charge in [0.2, 0.25) is 5.91 Å². The molecule has 1 fully saturated rings. The van der Waals surface area contributed by atoms with Crippen molar-refractivity contribution in [1.29, 1.82) is 0 Å². The van der Waals surface area contributed by atoms with Crippen LogP contribution in [-0.2, 0) is 14.6 Å². The molecule has 1 unspecified atom stereocenters. The van der Waals surface area contributed by atoms with Crippen LogP contribution in [0.25, 0.3) is 0 Å². The van der Waals surface area contributed by atoms with E-state index in [-0.39, 0.29) is 17.3 Å². The molecular formula is C12H23N3O4S. The fraction of sp³-hybridized carbons (Fsp3) is 0.833. The molecule has 116 valence electrons. The second-order valence-electron chi connectivity index (χ2n) is 5.63. The monoisotopic (exact) mass is 305 g/mol. The third-order valence-electron chi connectivity index (χ3n) is 4.16. The average Bonchev–Trinajstić information content (AvgIpc) is 2.64. The number of amides is 1. The van der Waals surface area contributed by atoms with Gasteiger partial charge in [-0.15, -0.1) is 0 Å². The Balaban J connectivity index is 2.99. The van der Waals surface area contributed by atoms with Crippen LogP contribution in [0.3, 0.4) is 0 Å². The van der Waals surface area contributed by atoms with Crippen molar-refractivity contribution in [3.8, 4) is 0 Å². The number of carbonyl (C=O) groups is 1. The predicted molar refractivity (Wildman–Crippen MR) is 76.2 cm³/mol. The van der Waals surface area contributed by atoms with E-state index >= 15 is 0 Å². The molecule has 1 amide bonds. The highest BCUT2D eigenvalue weighted by Gasteiger charge is 2.46. The number of hydrogen-bond acceptors (Lipinski definition) is 5. The fourth-order valence-electron chi connectivity index (χ4n) is 2.65. The number of nitrogens with one attached hydrogen (secondary N) is 1. The molecule has 4 N–H and O–H groups in total. The van der Waals surface area contributed by atoms with Gasteiger partial charge < -0.3 is 16.3 Å². The highest BCUT2D eigenvalue weighted by atomic mass is 32.2. The smallest absolute Gasteiger partial charge is 0.234 e. The number of hydrogen-bond donors (Lipinski definition) is 3. The summed E-state index contributed by atoms with van der Waals surface area (Å²) in [6, 6.07) is 0. The van der Waals surface area contributed by atoms with Gasteiger partial charge in [-0.3, -0.25) is 4.79 Å². The van der Waals surface area contributed by atoms with Crippen molar-refractivity contribution < 1.29 is 18.4 Å². The molecule has 1 aliphatic heterocycles. The minimum atomic E-state index is -3.11. The molecule has 0 aromatic heterocycles. The van der Waals surface area contributed by atoms with E-state index in [4.69, 9.17) is 10.9 Å². The summed E-state index contributed by atoms with van der Waals surface area (Å²) >= 11 is 0. The molecule has 1 heterocycles. The Bertz CT molecular complexity index is 511. The van der Waals surface area contributed by atoms with Crippen LogP contribution in [0.5, 0.6) is 0 Å². The van der Waals surface area contributed by atoms with Crippen LogP contribution in [0, 0.1) is 5.41 Å². The van der Waals surface area contributed by atoms with Crippen LogP contribution >= 0.6 is 0 Å². The van der Waals surface area contributed by atoms with Gasteiger partial charge in [-0.05, 0) is 26.2 Å². The zero-order valence-electron chi connectivity index (χ0n) is 12.1. The molecule has 0 spiro atoms. The first kappa shape index (κ1) is 16.7. The number of rotatable bonds is 5. The van der Waals surface area contributed by atoms with Gasteiger partial charge in [-0.25, -0.2) is 8.42 Å². The third kappa shape index (κ3) is 3.05. The topological polar surface area (TPSA) is 122 Å². The minimum Gasteiger partial charge on any atom is -0.409 e. The Hall–Kier alpha value is -1.31. The Morgan fingerprint density at radius 2 is 2.00 bits per heavy atom. The molecule has 1 rings (SSSR count). The molecule has 20 heavy (non-hydrogen) atoms. The SMILES string of the molecule is CCC(CC)(C(=O)NC1(C)CCS(=O)(=O)C1)C(N)=NO. The molecule has 0 aromatic rings. The maximum Gasteiger partial charge on any atom is 0.234 e. The second-order valence-corrected chi connectivity index (χ2v) is 7.82. The summed E-state index contributed by atoms with van der Waals surface area (Å²) in [5, 5.41) is 14.6. The Labute approximate surface area is 119 Å². The van der Waals surface area contributed by atoms with Crippen LogP contribution in [0.15, 0.2) is 5.16 Å². The average molecular weight is 305 g/mol. The predicted octanol–water partition coefficient (Wildman–Crippen LogP) is 0.233. The molecule has 1 saturated heterocycles. The number of amidine groups is 1. The first-order valence-corrected chi connectivity index (χ1v) is 8.48. The number of oxime groups is 1. The van der Waals surface area contributed by atoms with E-state index in [0.29, 0.717) is 19.3 Å². The van der Waals surface area contributed by atoms with E-state index in [1.165, 1.54) is 0 Å². The summed E-state index contributed by atoms with van der Waals surface area (Å²) in [5.74, 6) is -0.550. The maximum atomic E-state index is 12.5. The van der Waals surface area contributed by atoms with Gasteiger partial charge in [0.1, 0.15) is 5.41 Å². The number of nitrogens with zero attached hydrogens (tertiary/aromatic N) is 1. The lowest BCUT2D eigenvalue weighted by molar-refractivity contribution is -0.129. The standard InChI is InChI=1S/C12H23N3O4S/c1-4-12(5-2,9(13)15-17)10(16)14-11(3)6-7-20(18,19)8-11/h17H,4-8H2,1-3H3,(H2,13,15)(H,14,16). The van der Waals surface area contributed by atoms with E-state index in [1.807, 2.05) is 0 Å². The van der Waals surface area contributed by atoms with Crippen molar-refractivity contribution in [2.24, 2.45) is 16.3 Å². The highest BCUT2D eigenvalue weighted by molar-refractivity contribution is 7.91. The van der Waals surface area contributed by atoms with Crippen molar-refractivity contribution in [2.75, 3.05) is 11.5 Å². The number of sulfone groups is 1. The fourth-order valence-corrected chi connectivity index (χ4v) is 4.74. The molecule has 0 bridgehead atoms. The lowest BCUT2D eigenvalue weighted by atomic mass is 9.79. The molecule has 1 aliphatic rings. The summed E-state index contributed by atoms with van der Waals surface area (Å²) in [7, 11) is -3.11. The summed E-state index contributed by atoms with van der Waals surface area (Å²) in [6.45, 7) is 5.25. The van der Waals surface area contributed by atoms with Crippen LogP contribution in [0.4, 0.5) is 0 Å². The van der Waals surface area contributed by atoms with E-state index in [1.54, 1.807) is 20.8 Å². The van der Waals surface area contributed by atoms with E-state index in [2.05, 4.69) is 10.5 Å². The van der Waals surface area contributed by atoms with Crippen LogP contribution in [0.1, 0.15) is 40.0 Å². The first-order valence-electron chi connectivity index (χ1n) is 6.66. The lowest BCUT2D eigenvalue weighted by Crippen LogP contribution is -2.56. The normalized spacial score (nSPS) is 26.4. The van der Waals surface area contributed by atoms with E-state index in [9.17, 15) is 13.2 Å². The van der Waals surface area contributed by atoms with Gasteiger partial charge in [0.15, 0.2) is 15.7 Å². The number of nitrogens with two attached hydrogens (primary N) is 1. The minimum absolute atomic E-state index is 0.0681. The highest BCUT2D eigenvalue weighted by Crippen LogP contribution is 2.30. The van der Waals surface area contributed by atoms with Crippen molar-refractivity contribution in [1.82, 2.24) is 5.32 Å². The van der Waals surface area contributed by atoms with Gasteiger partial charge in [0.05, 0.1) is 17.0 Å². The van der Waals surface area contributed by atoms with Crippen LogP contribution < -0.4 is 11.1 Å². The van der Waals surface area contributed by atoms with Crippen molar-refractivity contribution >= 4 is 21.6 Å². The van der Waals surface area contributed by atoms with Gasteiger partial charge in [0, 0.05) is 0 Å². The van der Waals surface area contributed by atoms with Gasteiger partial charge in [-0.1, -0.05) is 19.0 Å². The molecule has 1 atom stereocenters. The van der Waals surface area contributed by atoms with E-state index in [0.717, 1.165) is 0 Å². The Morgan fingerprint density at radius 1 is 1.45 bits per heavy atom. The second kappa shape index (κ2) is 5.59. The molecule has 0 aliphatic carbocycles. The molecule has 0 radical (unpaired) electrons. The van der Waals surface area contributed by atoms with Gasteiger partial charge in [0.25, 0.3) is 0 Å². The molecular weight excluding hydrogens is 282 g/mol. The summed E-state index contributed by atoms with van der Waals surface area (Å²) in [6.07, 6.45) is 1.11. The van der Waals surface area contributed by atoms with Crippen molar-refractivity contribution in [3.05, 3.63) is 0 Å². The lowest BCUT2D eigenvalue weighted by Gasteiger charge is -2.33. The first-order chi connectivity index (χ1) is 9.14. The van der Waals surface area contributed by atoms with Crippen molar-refractivity contribution in [3.63, 3.8) is 0 Å². The van der Waals surface area contributed by atoms with Crippen LogP contribution in [0.2, 0.25) is 0 Å². The summed E-state index contributed by atoms with van der Waals surface area (Å²) in [5.41, 5.74) is 3.77. The third-order valence-corrected chi connectivity index (χ3v) is 6.06. The van der Waals surface area contributed by atoms with Crippen molar-refractivity contribution in [2.45, 2.75) is 45.6 Å². The largest absolute Gasteiger partial charge is 0.409 e. The molecule has 0 saturated carbocycles. The zero-order chi connectivity index (χ0) is 15.6. The summed E-state index contributed by atoms with van der Waals surface area (Å²) < 4.78 is 23.1. The van der Waals surface area contributed by atoms with Gasteiger partial charge in [-0.2, -0.15) is 0 Å².